The summed E-state index contributed by atoms with van der Waals surface area (Å²) >= 11 is 12.2. The van der Waals surface area contributed by atoms with Gasteiger partial charge in [-0.2, -0.15) is 0 Å². The number of halogens is 2. The Morgan fingerprint density at radius 2 is 1.63 bits per heavy atom. The predicted octanol–water partition coefficient (Wildman–Crippen LogP) is 7.75. The third-order valence-corrected chi connectivity index (χ3v) is 12.0. The van der Waals surface area contributed by atoms with Crippen molar-refractivity contribution in [3.8, 4) is 28.4 Å². The van der Waals surface area contributed by atoms with Crippen molar-refractivity contribution >= 4 is 41.1 Å². The molecule has 0 saturated carbocycles. The molecule has 8 rings (SSSR count). The molecule has 310 valence electrons. The zero-order valence-electron chi connectivity index (χ0n) is 33.2. The summed E-state index contributed by atoms with van der Waals surface area (Å²) in [4.78, 5) is 48.4. The van der Waals surface area contributed by atoms with Gasteiger partial charge < -0.3 is 39.2 Å². The van der Waals surface area contributed by atoms with Crippen LogP contribution in [0.2, 0.25) is 10.0 Å². The minimum Gasteiger partial charge on any atom is -0.489 e. The highest BCUT2D eigenvalue weighted by atomic mass is 35.5. The third kappa shape index (κ3) is 9.01. The highest BCUT2D eigenvalue weighted by Crippen LogP contribution is 2.41. The first-order valence-corrected chi connectivity index (χ1v) is 20.6. The molecule has 1 aromatic heterocycles. The summed E-state index contributed by atoms with van der Waals surface area (Å²) in [6.07, 6.45) is 1.59. The number of amides is 3. The molecule has 0 radical (unpaired) electrons. The van der Waals surface area contributed by atoms with Crippen LogP contribution < -0.4 is 19.5 Å². The molecular weight excluding hydrogens is 807 g/mol. The van der Waals surface area contributed by atoms with Gasteiger partial charge >= 0.3 is 12.0 Å². The maximum Gasteiger partial charge on any atom is 0.326 e. The van der Waals surface area contributed by atoms with E-state index in [0.717, 1.165) is 50.2 Å². The van der Waals surface area contributed by atoms with Gasteiger partial charge in [-0.25, -0.2) is 9.59 Å². The number of benzene rings is 4. The number of urea groups is 1. The molecule has 0 aliphatic carbocycles. The quantitative estimate of drug-likeness (QED) is 0.144. The van der Waals surface area contributed by atoms with Crippen molar-refractivity contribution < 1.29 is 38.4 Å². The van der Waals surface area contributed by atoms with E-state index in [2.05, 4.69) is 10.3 Å². The number of carboxylic acids is 1. The third-order valence-electron chi connectivity index (χ3n) is 11.3. The lowest BCUT2D eigenvalue weighted by molar-refractivity contribution is -0.142. The van der Waals surface area contributed by atoms with Gasteiger partial charge in [-0.3, -0.25) is 9.78 Å². The van der Waals surface area contributed by atoms with Gasteiger partial charge in [0.2, 0.25) is 5.91 Å². The number of carboxylic acid groups (broad SMARTS) is 1. The van der Waals surface area contributed by atoms with Crippen LogP contribution in [0.4, 0.5) is 4.79 Å². The monoisotopic (exact) mass is 850 g/mol. The number of rotatable bonds is 10. The van der Waals surface area contributed by atoms with Gasteiger partial charge in [0.25, 0.3) is 0 Å². The van der Waals surface area contributed by atoms with Crippen LogP contribution in [-0.2, 0) is 40.3 Å². The standard InChI is InChI=1S/C46H44Cl2N4O8/c1-27-28(2)49-14-13-36(27)31-6-3-29(4-7-31)20-39(45(54)55)50-44(53)40-21-33-22-41-42(23-34(33)24-52(40)46(56)51-15-17-57-18-16-51)60-43(26-59-41)32-8-10-35(11-9-32)58-25-30-5-12-37(47)38(48)19-30/h3-14,19,22-23,39-40,43H,15-18,20-21,24-26H2,1-2H3,(H,50,53)(H,54,55). The normalized spacial score (nSPS) is 17.7. The number of morpholine rings is 1. The molecule has 4 aromatic carbocycles. The van der Waals surface area contributed by atoms with Gasteiger partial charge in [0, 0.05) is 44.4 Å². The number of nitrogens with one attached hydrogen (secondary N) is 1. The number of fused-ring (bicyclic) bond motifs is 2. The molecule has 14 heteroatoms. The van der Waals surface area contributed by atoms with Gasteiger partial charge in [0.05, 0.1) is 23.3 Å². The molecule has 3 aliphatic rings. The molecule has 12 nitrogen and oxygen atoms in total. The Bertz CT molecular complexity index is 2410. The minimum absolute atomic E-state index is 0.0603. The van der Waals surface area contributed by atoms with E-state index >= 15 is 0 Å². The topological polar surface area (TPSA) is 140 Å². The van der Waals surface area contributed by atoms with Crippen molar-refractivity contribution in [2.45, 2.75) is 58.0 Å². The molecule has 0 bridgehead atoms. The van der Waals surface area contributed by atoms with Crippen LogP contribution in [0.15, 0.2) is 91.1 Å². The van der Waals surface area contributed by atoms with Crippen molar-refractivity contribution in [3.05, 3.63) is 140 Å². The second kappa shape index (κ2) is 17.8. The summed E-state index contributed by atoms with van der Waals surface area (Å²) in [5, 5.41) is 14.0. The summed E-state index contributed by atoms with van der Waals surface area (Å²) in [5.41, 5.74) is 8.20. The molecular formula is C46H44Cl2N4O8. The largest absolute Gasteiger partial charge is 0.489 e. The van der Waals surface area contributed by atoms with E-state index in [1.807, 2.05) is 86.6 Å². The first-order valence-electron chi connectivity index (χ1n) is 19.8. The van der Waals surface area contributed by atoms with Crippen molar-refractivity contribution in [1.82, 2.24) is 20.1 Å². The van der Waals surface area contributed by atoms with Crippen LogP contribution >= 0.6 is 23.2 Å². The highest BCUT2D eigenvalue weighted by molar-refractivity contribution is 6.42. The molecule has 60 heavy (non-hydrogen) atoms. The smallest absolute Gasteiger partial charge is 0.326 e. The molecule has 5 aromatic rings. The molecule has 1 fully saturated rings. The predicted molar refractivity (Wildman–Crippen MR) is 226 cm³/mol. The first-order chi connectivity index (χ1) is 29.0. The Balaban J connectivity index is 0.971. The van der Waals surface area contributed by atoms with E-state index < -0.39 is 30.1 Å². The minimum atomic E-state index is -1.23. The Morgan fingerprint density at radius 3 is 2.37 bits per heavy atom. The average molecular weight is 852 g/mol. The maximum atomic E-state index is 14.2. The zero-order valence-corrected chi connectivity index (χ0v) is 34.7. The SMILES string of the molecule is Cc1nccc(-c2ccc(CC(NC(=O)C3Cc4cc5c(cc4CN3C(=O)N3CCOCC3)OC(c3ccc(OCc4ccc(Cl)c(Cl)c4)cc3)CO5)C(=O)O)cc2)c1C. The highest BCUT2D eigenvalue weighted by Gasteiger charge is 2.39. The lowest BCUT2D eigenvalue weighted by Crippen LogP contribution is -2.59. The van der Waals surface area contributed by atoms with E-state index in [9.17, 15) is 19.5 Å². The molecule has 2 N–H and O–H groups in total. The van der Waals surface area contributed by atoms with Crippen LogP contribution in [-0.4, -0.2) is 82.8 Å². The average Bonchev–Trinajstić information content (AvgIpc) is 3.26. The van der Waals surface area contributed by atoms with E-state index in [-0.39, 0.29) is 32.0 Å². The molecule has 1 saturated heterocycles. The van der Waals surface area contributed by atoms with E-state index in [0.29, 0.717) is 60.2 Å². The Kier molecular flexibility index (Phi) is 12.1. The molecule has 3 atom stereocenters. The van der Waals surface area contributed by atoms with Gasteiger partial charge in [0.15, 0.2) is 17.6 Å². The maximum absolute atomic E-state index is 14.2. The van der Waals surface area contributed by atoms with Gasteiger partial charge in [0.1, 0.15) is 31.0 Å². The number of hydrogen-bond donors (Lipinski definition) is 2. The van der Waals surface area contributed by atoms with Crippen LogP contribution in [0.25, 0.3) is 11.1 Å². The van der Waals surface area contributed by atoms with Gasteiger partial charge in [-0.15, -0.1) is 0 Å². The number of aromatic nitrogens is 1. The van der Waals surface area contributed by atoms with E-state index in [1.54, 1.807) is 23.2 Å². The van der Waals surface area contributed by atoms with Crippen LogP contribution in [0, 0.1) is 13.8 Å². The number of aryl methyl sites for hydroxylation is 1. The summed E-state index contributed by atoms with van der Waals surface area (Å²) < 4.78 is 24.1. The number of carbonyl (C=O) groups is 3. The summed E-state index contributed by atoms with van der Waals surface area (Å²) in [7, 11) is 0. The van der Waals surface area contributed by atoms with Crippen LogP contribution in [0.5, 0.6) is 17.2 Å². The van der Waals surface area contributed by atoms with E-state index in [1.165, 1.54) is 4.90 Å². The molecule has 4 heterocycles. The van der Waals surface area contributed by atoms with Crippen molar-refractivity contribution in [3.63, 3.8) is 0 Å². The van der Waals surface area contributed by atoms with Gasteiger partial charge in [-0.05, 0) is 101 Å². The number of aliphatic carboxylic acids is 1. The fourth-order valence-electron chi connectivity index (χ4n) is 7.74. The number of nitrogens with zero attached hydrogens (tertiary/aromatic N) is 3. The van der Waals surface area contributed by atoms with Crippen molar-refractivity contribution in [1.29, 1.82) is 0 Å². The molecule has 3 unspecified atom stereocenters. The second-order valence-electron chi connectivity index (χ2n) is 15.2. The Labute approximate surface area is 357 Å². The lowest BCUT2D eigenvalue weighted by Gasteiger charge is -2.40. The van der Waals surface area contributed by atoms with Crippen molar-refractivity contribution in [2.24, 2.45) is 0 Å². The number of ether oxygens (including phenoxy) is 4. The number of carbonyl (C=O) groups excluding carboxylic acids is 2. The Morgan fingerprint density at radius 1 is 0.900 bits per heavy atom. The van der Waals surface area contributed by atoms with E-state index in [4.69, 9.17) is 42.1 Å². The number of hydrogen-bond acceptors (Lipinski definition) is 8. The fraction of sp³-hybridized carbons (Fsp3) is 0.304. The van der Waals surface area contributed by atoms with Gasteiger partial charge in [-0.1, -0.05) is 65.7 Å². The number of pyridine rings is 1. The van der Waals surface area contributed by atoms with Crippen LogP contribution in [0.3, 0.4) is 0 Å². The second-order valence-corrected chi connectivity index (χ2v) is 16.0. The first kappa shape index (κ1) is 40.9. The summed E-state index contributed by atoms with van der Waals surface area (Å²) in [5.74, 6) is 0.0129. The fourth-order valence-corrected chi connectivity index (χ4v) is 8.06. The molecule has 3 amide bonds. The summed E-state index contributed by atoms with van der Waals surface area (Å²) in [6, 6.07) is 23.8. The molecule has 0 spiro atoms. The Hall–Kier alpha value is -5.82. The molecule has 3 aliphatic heterocycles. The summed E-state index contributed by atoms with van der Waals surface area (Å²) in [6.45, 7) is 6.20. The lowest BCUT2D eigenvalue weighted by atomic mass is 9.92. The van der Waals surface area contributed by atoms with Crippen molar-refractivity contribution in [2.75, 3.05) is 32.9 Å². The zero-order chi connectivity index (χ0) is 41.9. The van der Waals surface area contributed by atoms with Crippen LogP contribution in [0.1, 0.15) is 45.2 Å².